The predicted molar refractivity (Wildman–Crippen MR) is 63.7 cm³/mol. The normalized spacial score (nSPS) is 17.1. The highest BCUT2D eigenvalue weighted by Crippen LogP contribution is 2.29. The van der Waals surface area contributed by atoms with Crippen LogP contribution < -0.4 is 15.8 Å². The van der Waals surface area contributed by atoms with E-state index in [4.69, 9.17) is 15.2 Å². The molecule has 1 saturated heterocycles. The number of benzene rings is 1. The molecular formula is C12H16F2N2O2. The average molecular weight is 258 g/mol. The Balaban J connectivity index is 2.07. The molecule has 0 radical (unpaired) electrons. The minimum atomic E-state index is -0.604. The molecule has 0 amide bonds. The van der Waals surface area contributed by atoms with Gasteiger partial charge >= 0.3 is 0 Å². The van der Waals surface area contributed by atoms with E-state index >= 15 is 0 Å². The van der Waals surface area contributed by atoms with E-state index in [-0.39, 0.29) is 16.9 Å². The lowest BCUT2D eigenvalue weighted by Gasteiger charge is -2.40. The molecule has 1 aromatic carbocycles. The number of hydrogen-bond donors (Lipinski definition) is 2. The molecule has 4 nitrogen and oxygen atoms in total. The Morgan fingerprint density at radius 2 is 2.11 bits per heavy atom. The molecule has 1 aromatic rings. The summed E-state index contributed by atoms with van der Waals surface area (Å²) in [5, 5.41) is 2.87. The third-order valence-corrected chi connectivity index (χ3v) is 3.14. The van der Waals surface area contributed by atoms with Crippen LogP contribution in [0.3, 0.4) is 0 Å². The van der Waals surface area contributed by atoms with Crippen LogP contribution in [-0.4, -0.2) is 33.4 Å². The van der Waals surface area contributed by atoms with Crippen molar-refractivity contribution < 1.29 is 18.3 Å². The highest BCUT2D eigenvalue weighted by atomic mass is 19.1. The van der Waals surface area contributed by atoms with Crippen LogP contribution in [-0.2, 0) is 4.74 Å². The first kappa shape index (κ1) is 13.0. The van der Waals surface area contributed by atoms with Crippen molar-refractivity contribution in [1.82, 2.24) is 0 Å². The van der Waals surface area contributed by atoms with Gasteiger partial charge in [-0.3, -0.25) is 0 Å². The summed E-state index contributed by atoms with van der Waals surface area (Å²) in [6.45, 7) is 1.97. The summed E-state index contributed by atoms with van der Waals surface area (Å²) in [5.41, 5.74) is 5.57. The van der Waals surface area contributed by atoms with Gasteiger partial charge in [0.2, 0.25) is 0 Å². The molecule has 0 atom stereocenters. The molecule has 0 aliphatic carbocycles. The Bertz CT molecular complexity index is 431. The SMILES string of the molecule is COc1cc(F)c(NCC2(CN)COC2)cc1F. The summed E-state index contributed by atoms with van der Waals surface area (Å²) < 4.78 is 36.9. The summed E-state index contributed by atoms with van der Waals surface area (Å²) in [5.74, 6) is -1.27. The number of nitrogens with two attached hydrogens (primary N) is 1. The van der Waals surface area contributed by atoms with E-state index in [1.807, 2.05) is 0 Å². The van der Waals surface area contributed by atoms with Crippen LogP contribution >= 0.6 is 0 Å². The fourth-order valence-electron chi connectivity index (χ4n) is 1.79. The monoisotopic (exact) mass is 258 g/mol. The molecule has 1 fully saturated rings. The topological polar surface area (TPSA) is 56.5 Å². The number of ether oxygens (including phenoxy) is 2. The van der Waals surface area contributed by atoms with Gasteiger partial charge in [-0.05, 0) is 0 Å². The molecule has 0 saturated carbocycles. The van der Waals surface area contributed by atoms with Crippen LogP contribution in [0.15, 0.2) is 12.1 Å². The van der Waals surface area contributed by atoms with Crippen molar-refractivity contribution in [1.29, 1.82) is 0 Å². The first-order valence-corrected chi connectivity index (χ1v) is 5.65. The minimum absolute atomic E-state index is 0.105. The van der Waals surface area contributed by atoms with E-state index in [1.165, 1.54) is 7.11 Å². The molecule has 2 rings (SSSR count). The van der Waals surface area contributed by atoms with Crippen molar-refractivity contribution in [2.75, 3.05) is 38.7 Å². The highest BCUT2D eigenvalue weighted by Gasteiger charge is 2.37. The van der Waals surface area contributed by atoms with Gasteiger partial charge in [0.1, 0.15) is 5.82 Å². The summed E-state index contributed by atoms with van der Waals surface area (Å²) >= 11 is 0. The second-order valence-corrected chi connectivity index (χ2v) is 4.52. The quantitative estimate of drug-likeness (QED) is 0.837. The largest absolute Gasteiger partial charge is 0.494 e. The lowest BCUT2D eigenvalue weighted by molar-refractivity contribution is -0.0979. The van der Waals surface area contributed by atoms with Gasteiger partial charge in [-0.2, -0.15) is 0 Å². The number of anilines is 1. The van der Waals surface area contributed by atoms with E-state index in [0.29, 0.717) is 26.3 Å². The summed E-state index contributed by atoms with van der Waals surface area (Å²) in [7, 11) is 1.29. The fraction of sp³-hybridized carbons (Fsp3) is 0.500. The number of nitrogens with one attached hydrogen (secondary N) is 1. The Kier molecular flexibility index (Phi) is 3.68. The molecule has 1 heterocycles. The van der Waals surface area contributed by atoms with Gasteiger partial charge in [-0.25, -0.2) is 8.78 Å². The van der Waals surface area contributed by atoms with Crippen LogP contribution in [0.2, 0.25) is 0 Å². The Morgan fingerprint density at radius 1 is 1.39 bits per heavy atom. The van der Waals surface area contributed by atoms with Crippen LogP contribution in [0.4, 0.5) is 14.5 Å². The Hall–Kier alpha value is -1.40. The smallest absolute Gasteiger partial charge is 0.167 e. The van der Waals surface area contributed by atoms with Crippen molar-refractivity contribution in [2.24, 2.45) is 11.1 Å². The maximum absolute atomic E-state index is 13.6. The molecule has 0 unspecified atom stereocenters. The van der Waals surface area contributed by atoms with E-state index in [1.54, 1.807) is 0 Å². The van der Waals surface area contributed by atoms with E-state index < -0.39 is 11.6 Å². The molecule has 1 aliphatic rings. The van der Waals surface area contributed by atoms with Crippen molar-refractivity contribution in [2.45, 2.75) is 0 Å². The summed E-state index contributed by atoms with van der Waals surface area (Å²) in [4.78, 5) is 0. The number of rotatable bonds is 5. The molecule has 0 bridgehead atoms. The molecule has 6 heteroatoms. The van der Waals surface area contributed by atoms with Gasteiger partial charge in [0.05, 0.1) is 26.0 Å². The standard InChI is InChI=1S/C12H16F2N2O2/c1-17-11-3-8(13)10(2-9(11)14)16-5-12(4-15)6-18-7-12/h2-3,16H,4-7,15H2,1H3. The first-order valence-electron chi connectivity index (χ1n) is 5.65. The summed E-state index contributed by atoms with van der Waals surface area (Å²) in [6, 6.07) is 2.10. The third kappa shape index (κ3) is 2.39. The zero-order chi connectivity index (χ0) is 13.2. The van der Waals surface area contributed by atoms with Crippen LogP contribution in [0, 0.1) is 17.0 Å². The lowest BCUT2D eigenvalue weighted by Crippen LogP contribution is -2.52. The number of halogens is 2. The van der Waals surface area contributed by atoms with Gasteiger partial charge in [0, 0.05) is 30.6 Å². The molecule has 3 N–H and O–H groups in total. The maximum Gasteiger partial charge on any atom is 0.167 e. The minimum Gasteiger partial charge on any atom is -0.494 e. The fourth-order valence-corrected chi connectivity index (χ4v) is 1.79. The average Bonchev–Trinajstić information content (AvgIpc) is 2.32. The van der Waals surface area contributed by atoms with Crippen LogP contribution in [0.5, 0.6) is 5.75 Å². The van der Waals surface area contributed by atoms with Crippen molar-refractivity contribution in [3.63, 3.8) is 0 Å². The van der Waals surface area contributed by atoms with Gasteiger partial charge in [-0.1, -0.05) is 0 Å². The molecule has 18 heavy (non-hydrogen) atoms. The number of hydrogen-bond acceptors (Lipinski definition) is 4. The van der Waals surface area contributed by atoms with Crippen molar-refractivity contribution in [3.8, 4) is 5.75 Å². The van der Waals surface area contributed by atoms with Gasteiger partial charge in [0.25, 0.3) is 0 Å². The molecule has 100 valence electrons. The Morgan fingerprint density at radius 3 is 2.61 bits per heavy atom. The maximum atomic E-state index is 13.6. The van der Waals surface area contributed by atoms with Crippen molar-refractivity contribution in [3.05, 3.63) is 23.8 Å². The number of methoxy groups -OCH3 is 1. The van der Waals surface area contributed by atoms with E-state index in [9.17, 15) is 8.78 Å². The third-order valence-electron chi connectivity index (χ3n) is 3.14. The van der Waals surface area contributed by atoms with Crippen LogP contribution in [0.25, 0.3) is 0 Å². The molecular weight excluding hydrogens is 242 g/mol. The summed E-state index contributed by atoms with van der Waals surface area (Å²) in [6.07, 6.45) is 0. The second-order valence-electron chi connectivity index (χ2n) is 4.52. The molecule has 0 spiro atoms. The predicted octanol–water partition coefficient (Wildman–Crippen LogP) is 1.36. The van der Waals surface area contributed by atoms with Gasteiger partial charge in [0.15, 0.2) is 11.6 Å². The zero-order valence-corrected chi connectivity index (χ0v) is 10.1. The van der Waals surface area contributed by atoms with Gasteiger partial charge < -0.3 is 20.5 Å². The van der Waals surface area contributed by atoms with Crippen molar-refractivity contribution >= 4 is 5.69 Å². The molecule has 0 aromatic heterocycles. The second kappa shape index (κ2) is 5.07. The van der Waals surface area contributed by atoms with E-state index in [0.717, 1.165) is 12.1 Å². The Labute approximate surface area is 104 Å². The highest BCUT2D eigenvalue weighted by molar-refractivity contribution is 5.49. The zero-order valence-electron chi connectivity index (χ0n) is 10.1. The lowest BCUT2D eigenvalue weighted by atomic mass is 9.86. The van der Waals surface area contributed by atoms with Gasteiger partial charge in [-0.15, -0.1) is 0 Å². The first-order chi connectivity index (χ1) is 8.60. The van der Waals surface area contributed by atoms with E-state index in [2.05, 4.69) is 5.32 Å². The molecule has 1 aliphatic heterocycles. The van der Waals surface area contributed by atoms with Crippen LogP contribution in [0.1, 0.15) is 0 Å².